The van der Waals surface area contributed by atoms with Crippen LogP contribution < -0.4 is 10.6 Å². The summed E-state index contributed by atoms with van der Waals surface area (Å²) in [6.45, 7) is 3.17. The lowest BCUT2D eigenvalue weighted by atomic mass is 10.1. The average Bonchev–Trinajstić information content (AvgIpc) is 2.34. The van der Waals surface area contributed by atoms with E-state index < -0.39 is 0 Å². The molecule has 4 nitrogen and oxygen atoms in total. The molecule has 0 bridgehead atoms. The highest BCUT2D eigenvalue weighted by Gasteiger charge is 2.12. The number of hydrogen-bond acceptors (Lipinski definition) is 4. The van der Waals surface area contributed by atoms with Gasteiger partial charge in [0.2, 0.25) is 0 Å². The van der Waals surface area contributed by atoms with Crippen LogP contribution in [-0.2, 0) is 4.74 Å². The lowest BCUT2D eigenvalue weighted by Crippen LogP contribution is -2.31. The average molecular weight is 256 g/mol. The van der Waals surface area contributed by atoms with Gasteiger partial charge < -0.3 is 20.5 Å². The van der Waals surface area contributed by atoms with Crippen molar-refractivity contribution in [1.82, 2.24) is 0 Å². The Labute approximate surface area is 107 Å². The first-order valence-electron chi connectivity index (χ1n) is 6.00. The van der Waals surface area contributed by atoms with E-state index in [1.807, 2.05) is 6.92 Å². The van der Waals surface area contributed by atoms with Crippen molar-refractivity contribution in [2.45, 2.75) is 13.0 Å². The molecule has 0 saturated heterocycles. The van der Waals surface area contributed by atoms with Crippen LogP contribution in [0.2, 0.25) is 0 Å². The van der Waals surface area contributed by atoms with Crippen molar-refractivity contribution in [3.63, 3.8) is 0 Å². The van der Waals surface area contributed by atoms with E-state index in [1.54, 1.807) is 24.1 Å². The molecule has 0 saturated carbocycles. The van der Waals surface area contributed by atoms with Gasteiger partial charge in [0.25, 0.3) is 0 Å². The maximum Gasteiger partial charge on any atom is 0.146 e. The van der Waals surface area contributed by atoms with Gasteiger partial charge in [0.1, 0.15) is 5.82 Å². The number of benzene rings is 1. The minimum atomic E-state index is -0.325. The fourth-order valence-corrected chi connectivity index (χ4v) is 1.74. The number of aliphatic hydroxyl groups excluding tert-OH is 1. The summed E-state index contributed by atoms with van der Waals surface area (Å²) >= 11 is 0. The van der Waals surface area contributed by atoms with E-state index in [-0.39, 0.29) is 18.5 Å². The zero-order valence-corrected chi connectivity index (χ0v) is 10.9. The summed E-state index contributed by atoms with van der Waals surface area (Å²) in [7, 11) is 1.59. The van der Waals surface area contributed by atoms with E-state index in [0.29, 0.717) is 25.4 Å². The lowest BCUT2D eigenvalue weighted by molar-refractivity contribution is 0.202. The maximum atomic E-state index is 14.0. The number of nitrogens with zero attached hydrogens (tertiary/aromatic N) is 1. The van der Waals surface area contributed by atoms with Crippen LogP contribution in [0.4, 0.5) is 10.1 Å². The Hall–Kier alpha value is -1.17. The van der Waals surface area contributed by atoms with Crippen LogP contribution in [0.1, 0.15) is 18.5 Å². The molecule has 0 aliphatic heterocycles. The molecule has 0 fully saturated rings. The third-order valence-corrected chi connectivity index (χ3v) is 2.77. The number of hydrogen-bond donors (Lipinski definition) is 2. The molecule has 0 aliphatic rings. The van der Waals surface area contributed by atoms with Crippen molar-refractivity contribution in [3.05, 3.63) is 29.6 Å². The highest BCUT2D eigenvalue weighted by atomic mass is 19.1. The Morgan fingerprint density at radius 3 is 2.67 bits per heavy atom. The highest BCUT2D eigenvalue weighted by Crippen LogP contribution is 2.22. The predicted octanol–water partition coefficient (Wildman–Crippen LogP) is 1.29. The van der Waals surface area contributed by atoms with Gasteiger partial charge in [-0.2, -0.15) is 0 Å². The van der Waals surface area contributed by atoms with Gasteiger partial charge in [0.15, 0.2) is 0 Å². The number of methoxy groups -OCH3 is 1. The van der Waals surface area contributed by atoms with Crippen molar-refractivity contribution in [2.24, 2.45) is 5.73 Å². The normalized spacial score (nSPS) is 12.5. The third-order valence-electron chi connectivity index (χ3n) is 2.77. The maximum absolute atomic E-state index is 14.0. The molecule has 0 aromatic heterocycles. The Kier molecular flexibility index (Phi) is 6.04. The van der Waals surface area contributed by atoms with Gasteiger partial charge in [-0.05, 0) is 24.6 Å². The molecule has 0 heterocycles. The largest absolute Gasteiger partial charge is 0.395 e. The molecule has 1 atom stereocenters. The summed E-state index contributed by atoms with van der Waals surface area (Å²) in [5, 5.41) is 9.01. The number of halogens is 1. The fraction of sp³-hybridized carbons (Fsp3) is 0.538. The second-order valence-corrected chi connectivity index (χ2v) is 4.20. The van der Waals surface area contributed by atoms with Crippen molar-refractivity contribution >= 4 is 5.69 Å². The number of rotatable bonds is 7. The van der Waals surface area contributed by atoms with Gasteiger partial charge >= 0.3 is 0 Å². The monoisotopic (exact) mass is 256 g/mol. The number of ether oxygens (including phenoxy) is 1. The van der Waals surface area contributed by atoms with Gasteiger partial charge in [-0.15, -0.1) is 0 Å². The first-order valence-corrected chi connectivity index (χ1v) is 6.00. The lowest BCUT2D eigenvalue weighted by Gasteiger charge is -2.24. The second-order valence-electron chi connectivity index (χ2n) is 4.20. The standard InChI is InChI=1S/C13H21FN2O2/c1-10(15)11-3-4-13(12(14)9-11)16(5-7-17)6-8-18-2/h3-4,9-10,17H,5-8,15H2,1-2H3/t10-/m0/s1. The zero-order chi connectivity index (χ0) is 13.5. The quantitative estimate of drug-likeness (QED) is 0.772. The van der Waals surface area contributed by atoms with Gasteiger partial charge in [-0.25, -0.2) is 4.39 Å². The van der Waals surface area contributed by atoms with E-state index in [9.17, 15) is 4.39 Å². The summed E-state index contributed by atoms with van der Waals surface area (Å²) in [5.41, 5.74) is 6.93. The molecule has 0 amide bonds. The summed E-state index contributed by atoms with van der Waals surface area (Å²) in [5.74, 6) is -0.325. The predicted molar refractivity (Wildman–Crippen MR) is 70.2 cm³/mol. The SMILES string of the molecule is COCCN(CCO)c1ccc([C@H](C)N)cc1F. The summed E-state index contributed by atoms with van der Waals surface area (Å²) in [4.78, 5) is 1.75. The molecule has 102 valence electrons. The van der Waals surface area contributed by atoms with Gasteiger partial charge in [-0.3, -0.25) is 0 Å². The second kappa shape index (κ2) is 7.31. The molecule has 0 aliphatic carbocycles. The summed E-state index contributed by atoms with van der Waals surface area (Å²) in [6, 6.07) is 4.75. The Balaban J connectivity index is 2.90. The van der Waals surface area contributed by atoms with Crippen molar-refractivity contribution in [2.75, 3.05) is 38.3 Å². The van der Waals surface area contributed by atoms with Gasteiger partial charge in [0.05, 0.1) is 18.9 Å². The van der Waals surface area contributed by atoms with Crippen molar-refractivity contribution < 1.29 is 14.2 Å². The van der Waals surface area contributed by atoms with Crippen LogP contribution in [0, 0.1) is 5.82 Å². The first-order chi connectivity index (χ1) is 8.60. The molecule has 3 N–H and O–H groups in total. The molecule has 0 radical (unpaired) electrons. The molecule has 18 heavy (non-hydrogen) atoms. The molecule has 1 aromatic rings. The number of nitrogens with two attached hydrogens (primary N) is 1. The zero-order valence-electron chi connectivity index (χ0n) is 10.9. The van der Waals surface area contributed by atoms with Crippen LogP contribution in [0.5, 0.6) is 0 Å². The van der Waals surface area contributed by atoms with Crippen molar-refractivity contribution in [3.8, 4) is 0 Å². The van der Waals surface area contributed by atoms with Crippen LogP contribution in [0.3, 0.4) is 0 Å². The summed E-state index contributed by atoms with van der Waals surface area (Å²) in [6.07, 6.45) is 0. The van der Waals surface area contributed by atoms with E-state index >= 15 is 0 Å². The molecule has 5 heteroatoms. The van der Waals surface area contributed by atoms with E-state index in [0.717, 1.165) is 5.56 Å². The van der Waals surface area contributed by atoms with E-state index in [4.69, 9.17) is 15.6 Å². The minimum Gasteiger partial charge on any atom is -0.395 e. The number of anilines is 1. The fourth-order valence-electron chi connectivity index (χ4n) is 1.74. The Bertz CT molecular complexity index is 372. The molecular formula is C13H21FN2O2. The molecule has 0 spiro atoms. The highest BCUT2D eigenvalue weighted by molar-refractivity contribution is 5.49. The molecular weight excluding hydrogens is 235 g/mol. The van der Waals surface area contributed by atoms with Gasteiger partial charge in [-0.1, -0.05) is 6.07 Å². The Morgan fingerprint density at radius 2 is 2.17 bits per heavy atom. The smallest absolute Gasteiger partial charge is 0.146 e. The van der Waals surface area contributed by atoms with Crippen LogP contribution in [0.15, 0.2) is 18.2 Å². The first kappa shape index (κ1) is 14.9. The van der Waals surface area contributed by atoms with Crippen molar-refractivity contribution in [1.29, 1.82) is 0 Å². The van der Waals surface area contributed by atoms with Crippen LogP contribution in [0.25, 0.3) is 0 Å². The minimum absolute atomic E-state index is 0.0296. The molecule has 1 aromatic carbocycles. The third kappa shape index (κ3) is 3.94. The van der Waals surface area contributed by atoms with Crippen LogP contribution in [-0.4, -0.2) is 38.5 Å². The molecule has 1 rings (SSSR count). The Morgan fingerprint density at radius 1 is 1.44 bits per heavy atom. The van der Waals surface area contributed by atoms with Crippen LogP contribution >= 0.6 is 0 Å². The van der Waals surface area contributed by atoms with Gasteiger partial charge in [0, 0.05) is 26.2 Å². The topological polar surface area (TPSA) is 58.7 Å². The van der Waals surface area contributed by atoms with E-state index in [1.165, 1.54) is 6.07 Å². The molecule has 0 unspecified atom stereocenters. The van der Waals surface area contributed by atoms with E-state index in [2.05, 4.69) is 0 Å². The number of aliphatic hydroxyl groups is 1. The summed E-state index contributed by atoms with van der Waals surface area (Å²) < 4.78 is 19.0.